The zero-order valence-corrected chi connectivity index (χ0v) is 16.5. The van der Waals surface area contributed by atoms with Crippen molar-refractivity contribution in [3.63, 3.8) is 0 Å². The van der Waals surface area contributed by atoms with Crippen LogP contribution in [0.4, 0.5) is 5.82 Å². The lowest BCUT2D eigenvalue weighted by molar-refractivity contribution is -0.140. The maximum atomic E-state index is 12.5. The Hall–Kier alpha value is -2.65. The Morgan fingerprint density at radius 1 is 1.30 bits per heavy atom. The van der Waals surface area contributed by atoms with Gasteiger partial charge in [-0.15, -0.1) is 0 Å². The van der Waals surface area contributed by atoms with Crippen molar-refractivity contribution in [3.8, 4) is 0 Å². The molecule has 0 fully saturated rings. The van der Waals surface area contributed by atoms with Gasteiger partial charge in [0.2, 0.25) is 0 Å². The standard InChI is InChI=1S/C17H15BrClN5O3/c1-10(17(26)27)24-14(6-7-20-24)16(25)21-15-13(19)9-23(22-15)8-11-2-4-12(18)5-3-11/h2-7,9-10H,8H2,1H3,(H,26,27)(H,21,22,25). The van der Waals surface area contributed by atoms with Gasteiger partial charge in [-0.05, 0) is 30.7 Å². The van der Waals surface area contributed by atoms with Crippen LogP contribution >= 0.6 is 27.5 Å². The lowest BCUT2D eigenvalue weighted by Gasteiger charge is -2.11. The molecule has 1 atom stereocenters. The Labute approximate surface area is 167 Å². The third-order valence-corrected chi connectivity index (χ3v) is 4.64. The molecular weight excluding hydrogens is 438 g/mol. The Morgan fingerprint density at radius 2 is 2.00 bits per heavy atom. The first kappa shape index (κ1) is 19.1. The Bertz CT molecular complexity index is 983. The average molecular weight is 453 g/mol. The maximum Gasteiger partial charge on any atom is 0.328 e. The van der Waals surface area contributed by atoms with E-state index in [2.05, 4.69) is 31.4 Å². The summed E-state index contributed by atoms with van der Waals surface area (Å²) in [6.45, 7) is 1.92. The van der Waals surface area contributed by atoms with Crippen molar-refractivity contribution in [2.75, 3.05) is 5.32 Å². The van der Waals surface area contributed by atoms with Crippen molar-refractivity contribution in [3.05, 3.63) is 63.5 Å². The van der Waals surface area contributed by atoms with Crippen LogP contribution in [0.3, 0.4) is 0 Å². The lowest BCUT2D eigenvalue weighted by atomic mass is 10.2. The first-order valence-corrected chi connectivity index (χ1v) is 9.07. The molecule has 3 aromatic rings. The molecule has 2 aromatic heterocycles. The minimum atomic E-state index is -1.09. The molecule has 1 aromatic carbocycles. The van der Waals surface area contributed by atoms with Crippen LogP contribution in [-0.4, -0.2) is 36.5 Å². The zero-order valence-electron chi connectivity index (χ0n) is 14.1. The van der Waals surface area contributed by atoms with Crippen LogP contribution in [0.25, 0.3) is 0 Å². The fourth-order valence-corrected chi connectivity index (χ4v) is 2.88. The number of nitrogens with one attached hydrogen (secondary N) is 1. The summed E-state index contributed by atoms with van der Waals surface area (Å²) in [5, 5.41) is 20.2. The molecular formula is C17H15BrClN5O3. The van der Waals surface area contributed by atoms with Crippen LogP contribution in [0, 0.1) is 0 Å². The highest BCUT2D eigenvalue weighted by molar-refractivity contribution is 9.10. The topological polar surface area (TPSA) is 102 Å². The van der Waals surface area contributed by atoms with E-state index in [9.17, 15) is 9.59 Å². The van der Waals surface area contributed by atoms with E-state index in [4.69, 9.17) is 16.7 Å². The number of anilines is 1. The smallest absolute Gasteiger partial charge is 0.328 e. The van der Waals surface area contributed by atoms with E-state index in [1.165, 1.54) is 19.2 Å². The monoisotopic (exact) mass is 451 g/mol. The van der Waals surface area contributed by atoms with Crippen molar-refractivity contribution in [1.82, 2.24) is 19.6 Å². The number of hydrogen-bond acceptors (Lipinski definition) is 4. The molecule has 2 N–H and O–H groups in total. The molecule has 140 valence electrons. The van der Waals surface area contributed by atoms with Gasteiger partial charge in [0.1, 0.15) is 16.8 Å². The van der Waals surface area contributed by atoms with Gasteiger partial charge >= 0.3 is 5.97 Å². The fourth-order valence-electron chi connectivity index (χ4n) is 2.42. The number of carboxylic acids is 1. The van der Waals surface area contributed by atoms with Gasteiger partial charge in [-0.2, -0.15) is 10.2 Å². The molecule has 0 aliphatic rings. The van der Waals surface area contributed by atoms with Crippen LogP contribution < -0.4 is 5.32 Å². The zero-order chi connectivity index (χ0) is 19.6. The van der Waals surface area contributed by atoms with E-state index in [-0.39, 0.29) is 16.5 Å². The lowest BCUT2D eigenvalue weighted by Crippen LogP contribution is -2.24. The fraction of sp³-hybridized carbons (Fsp3) is 0.176. The summed E-state index contributed by atoms with van der Waals surface area (Å²) in [5.74, 6) is -1.45. The Kier molecular flexibility index (Phi) is 5.62. The minimum absolute atomic E-state index is 0.100. The highest BCUT2D eigenvalue weighted by Crippen LogP contribution is 2.21. The summed E-state index contributed by atoms with van der Waals surface area (Å²) in [6, 6.07) is 8.20. The van der Waals surface area contributed by atoms with Crippen molar-refractivity contribution >= 4 is 45.2 Å². The van der Waals surface area contributed by atoms with Crippen molar-refractivity contribution in [2.45, 2.75) is 19.5 Å². The number of aromatic nitrogens is 4. The Balaban J connectivity index is 1.76. The van der Waals surface area contributed by atoms with Crippen LogP contribution in [0.5, 0.6) is 0 Å². The second-order valence-corrected chi connectivity index (χ2v) is 7.10. The van der Waals surface area contributed by atoms with Gasteiger partial charge < -0.3 is 10.4 Å². The number of nitrogens with zero attached hydrogens (tertiary/aromatic N) is 4. The molecule has 0 aliphatic heterocycles. The normalized spacial score (nSPS) is 12.0. The summed E-state index contributed by atoms with van der Waals surface area (Å²) in [7, 11) is 0. The summed E-state index contributed by atoms with van der Waals surface area (Å²) in [4.78, 5) is 23.7. The van der Waals surface area contributed by atoms with Gasteiger partial charge in [-0.3, -0.25) is 9.48 Å². The van der Waals surface area contributed by atoms with Gasteiger partial charge in [0.15, 0.2) is 5.82 Å². The number of aliphatic carboxylic acids is 1. The van der Waals surface area contributed by atoms with Gasteiger partial charge in [0.05, 0.1) is 6.54 Å². The highest BCUT2D eigenvalue weighted by Gasteiger charge is 2.22. The maximum absolute atomic E-state index is 12.5. The molecule has 0 spiro atoms. The molecule has 1 amide bonds. The molecule has 1 unspecified atom stereocenters. The van der Waals surface area contributed by atoms with Crippen LogP contribution in [0.15, 0.2) is 47.2 Å². The molecule has 8 nitrogen and oxygen atoms in total. The van der Waals surface area contributed by atoms with E-state index in [0.29, 0.717) is 6.54 Å². The van der Waals surface area contributed by atoms with E-state index in [1.807, 2.05) is 24.3 Å². The molecule has 0 saturated carbocycles. The molecule has 3 rings (SSSR count). The minimum Gasteiger partial charge on any atom is -0.480 e. The van der Waals surface area contributed by atoms with Gasteiger partial charge in [-0.1, -0.05) is 39.7 Å². The second kappa shape index (κ2) is 7.93. The quantitative estimate of drug-likeness (QED) is 0.596. The van der Waals surface area contributed by atoms with Gasteiger partial charge in [0.25, 0.3) is 5.91 Å². The van der Waals surface area contributed by atoms with E-state index in [1.54, 1.807) is 10.9 Å². The predicted octanol–water partition coefficient (Wildman–Crippen LogP) is 3.44. The van der Waals surface area contributed by atoms with Crippen LogP contribution in [-0.2, 0) is 11.3 Å². The van der Waals surface area contributed by atoms with Crippen LogP contribution in [0.2, 0.25) is 5.02 Å². The van der Waals surface area contributed by atoms with Crippen molar-refractivity contribution < 1.29 is 14.7 Å². The molecule has 0 bridgehead atoms. The average Bonchev–Trinajstić information content (AvgIpc) is 3.23. The van der Waals surface area contributed by atoms with E-state index >= 15 is 0 Å². The largest absolute Gasteiger partial charge is 0.480 e. The van der Waals surface area contributed by atoms with E-state index in [0.717, 1.165) is 14.7 Å². The molecule has 27 heavy (non-hydrogen) atoms. The van der Waals surface area contributed by atoms with Gasteiger partial charge in [0, 0.05) is 16.9 Å². The van der Waals surface area contributed by atoms with Gasteiger partial charge in [-0.25, -0.2) is 9.48 Å². The highest BCUT2D eigenvalue weighted by atomic mass is 79.9. The number of benzene rings is 1. The SMILES string of the molecule is CC(C(=O)O)n1nccc1C(=O)Nc1nn(Cc2ccc(Br)cc2)cc1Cl. The molecule has 0 aliphatic carbocycles. The van der Waals surface area contributed by atoms with E-state index < -0.39 is 17.9 Å². The number of halogens is 2. The third kappa shape index (κ3) is 4.37. The number of carbonyl (C=O) groups is 2. The number of rotatable bonds is 6. The number of amides is 1. The molecule has 0 radical (unpaired) electrons. The summed E-state index contributed by atoms with van der Waals surface area (Å²) < 4.78 is 3.72. The number of carboxylic acid groups (broad SMARTS) is 1. The molecule has 2 heterocycles. The Morgan fingerprint density at radius 3 is 2.67 bits per heavy atom. The van der Waals surface area contributed by atoms with Crippen molar-refractivity contribution in [2.24, 2.45) is 0 Å². The first-order valence-electron chi connectivity index (χ1n) is 7.90. The third-order valence-electron chi connectivity index (χ3n) is 3.83. The number of carbonyl (C=O) groups excluding carboxylic acids is 1. The summed E-state index contributed by atoms with van der Waals surface area (Å²) in [6.07, 6.45) is 2.97. The van der Waals surface area contributed by atoms with Crippen molar-refractivity contribution in [1.29, 1.82) is 0 Å². The number of hydrogen-bond donors (Lipinski definition) is 2. The molecule has 0 saturated heterocycles. The second-order valence-electron chi connectivity index (χ2n) is 5.78. The first-order chi connectivity index (χ1) is 12.8. The summed E-state index contributed by atoms with van der Waals surface area (Å²) >= 11 is 9.56. The summed E-state index contributed by atoms with van der Waals surface area (Å²) in [5.41, 5.74) is 1.12. The molecule has 10 heteroatoms. The van der Waals surface area contributed by atoms with Crippen LogP contribution in [0.1, 0.15) is 29.0 Å². The predicted molar refractivity (Wildman–Crippen MR) is 103 cm³/mol.